The number of aryl methyl sites for hydroxylation is 2. The molecule has 0 aliphatic heterocycles. The number of halogens is 1. The quantitative estimate of drug-likeness (QED) is 0.585. The molecule has 0 spiro atoms. The first-order valence-corrected chi connectivity index (χ1v) is 5.26. The van der Waals surface area contributed by atoms with E-state index in [0.29, 0.717) is 6.42 Å². The summed E-state index contributed by atoms with van der Waals surface area (Å²) in [7, 11) is 1.35. The van der Waals surface area contributed by atoms with Crippen LogP contribution < -0.4 is 0 Å². The van der Waals surface area contributed by atoms with E-state index in [4.69, 9.17) is 11.6 Å². The van der Waals surface area contributed by atoms with Crippen LogP contribution in [-0.4, -0.2) is 18.5 Å². The van der Waals surface area contributed by atoms with Crippen LogP contribution in [0.15, 0.2) is 18.2 Å². The van der Waals surface area contributed by atoms with Gasteiger partial charge in [0.1, 0.15) is 5.38 Å². The molecule has 0 radical (unpaired) electrons. The molecule has 0 heterocycles. The van der Waals surface area contributed by atoms with Gasteiger partial charge in [0.15, 0.2) is 0 Å². The van der Waals surface area contributed by atoms with Crippen LogP contribution >= 0.6 is 11.6 Å². The summed E-state index contributed by atoms with van der Waals surface area (Å²) >= 11 is 5.92. The monoisotopic (exact) mass is 226 g/mol. The third-order valence-electron chi connectivity index (χ3n) is 2.36. The third-order valence-corrected chi connectivity index (χ3v) is 2.69. The van der Waals surface area contributed by atoms with Crippen molar-refractivity contribution < 1.29 is 9.53 Å². The van der Waals surface area contributed by atoms with Gasteiger partial charge in [-0.15, -0.1) is 11.6 Å². The zero-order valence-corrected chi connectivity index (χ0v) is 9.97. The van der Waals surface area contributed by atoms with Crippen molar-refractivity contribution in [2.45, 2.75) is 25.6 Å². The van der Waals surface area contributed by atoms with Crippen molar-refractivity contribution in [2.75, 3.05) is 7.11 Å². The maximum Gasteiger partial charge on any atom is 0.324 e. The number of methoxy groups -OCH3 is 1. The number of hydrogen-bond acceptors (Lipinski definition) is 2. The van der Waals surface area contributed by atoms with Crippen molar-refractivity contribution in [1.29, 1.82) is 0 Å². The summed E-state index contributed by atoms with van der Waals surface area (Å²) in [6.45, 7) is 4.03. The van der Waals surface area contributed by atoms with E-state index in [1.165, 1.54) is 12.7 Å². The van der Waals surface area contributed by atoms with Crippen LogP contribution in [0.25, 0.3) is 0 Å². The molecule has 0 amide bonds. The molecule has 82 valence electrons. The second-order valence-electron chi connectivity index (χ2n) is 3.62. The summed E-state index contributed by atoms with van der Waals surface area (Å²) in [5.41, 5.74) is 3.42. The van der Waals surface area contributed by atoms with Gasteiger partial charge in [-0.05, 0) is 31.4 Å². The lowest BCUT2D eigenvalue weighted by Gasteiger charge is -2.10. The van der Waals surface area contributed by atoms with E-state index in [9.17, 15) is 4.79 Å². The Morgan fingerprint density at radius 3 is 2.73 bits per heavy atom. The average molecular weight is 227 g/mol. The molecule has 3 heteroatoms. The van der Waals surface area contributed by atoms with Gasteiger partial charge in [-0.2, -0.15) is 0 Å². The number of carbonyl (C=O) groups excluding carboxylic acids is 1. The number of rotatable bonds is 3. The first-order valence-electron chi connectivity index (χ1n) is 4.82. The minimum atomic E-state index is -0.601. The Kier molecular flexibility index (Phi) is 4.15. The molecule has 0 saturated heterocycles. The van der Waals surface area contributed by atoms with Gasteiger partial charge in [-0.3, -0.25) is 4.79 Å². The van der Waals surface area contributed by atoms with E-state index in [1.54, 1.807) is 0 Å². The fraction of sp³-hybridized carbons (Fsp3) is 0.417. The summed E-state index contributed by atoms with van der Waals surface area (Å²) in [5.74, 6) is -0.377. The predicted octanol–water partition coefficient (Wildman–Crippen LogP) is 2.63. The Hall–Kier alpha value is -1.02. The molecule has 0 N–H and O–H groups in total. The second kappa shape index (κ2) is 5.17. The molecule has 0 saturated carbocycles. The molecule has 0 fully saturated rings. The molecular weight excluding hydrogens is 212 g/mol. The number of hydrogen-bond donors (Lipinski definition) is 0. The van der Waals surface area contributed by atoms with E-state index in [1.807, 2.05) is 32.0 Å². The maximum absolute atomic E-state index is 11.2. The number of carbonyl (C=O) groups is 1. The SMILES string of the molecule is COC(=O)C(Cl)Cc1cc(C)ccc1C. The molecule has 15 heavy (non-hydrogen) atoms. The van der Waals surface area contributed by atoms with Crippen molar-refractivity contribution in [2.24, 2.45) is 0 Å². The molecule has 2 nitrogen and oxygen atoms in total. The number of ether oxygens (including phenoxy) is 1. The lowest BCUT2D eigenvalue weighted by atomic mass is 10.0. The Labute approximate surface area is 95.2 Å². The lowest BCUT2D eigenvalue weighted by molar-refractivity contribution is -0.140. The summed E-state index contributed by atoms with van der Waals surface area (Å²) in [4.78, 5) is 11.2. The fourth-order valence-corrected chi connectivity index (χ4v) is 1.68. The van der Waals surface area contributed by atoms with E-state index >= 15 is 0 Å². The van der Waals surface area contributed by atoms with Crippen LogP contribution in [0.2, 0.25) is 0 Å². The van der Waals surface area contributed by atoms with Crippen molar-refractivity contribution in [3.63, 3.8) is 0 Å². The molecule has 1 unspecified atom stereocenters. The van der Waals surface area contributed by atoms with Gasteiger partial charge in [-0.25, -0.2) is 0 Å². The van der Waals surface area contributed by atoms with Crippen molar-refractivity contribution in [3.8, 4) is 0 Å². The molecule has 0 aliphatic rings. The molecule has 1 aromatic rings. The average Bonchev–Trinajstić information content (AvgIpc) is 2.22. The minimum Gasteiger partial charge on any atom is -0.468 e. The lowest BCUT2D eigenvalue weighted by Crippen LogP contribution is -2.19. The summed E-state index contributed by atoms with van der Waals surface area (Å²) in [5, 5.41) is -0.601. The summed E-state index contributed by atoms with van der Waals surface area (Å²) < 4.78 is 4.58. The third kappa shape index (κ3) is 3.24. The van der Waals surface area contributed by atoms with Crippen molar-refractivity contribution in [1.82, 2.24) is 0 Å². The van der Waals surface area contributed by atoms with Gasteiger partial charge in [0.25, 0.3) is 0 Å². The fourth-order valence-electron chi connectivity index (χ4n) is 1.42. The predicted molar refractivity (Wildman–Crippen MR) is 61.3 cm³/mol. The van der Waals surface area contributed by atoms with E-state index in [-0.39, 0.29) is 5.97 Å². The van der Waals surface area contributed by atoms with Crippen LogP contribution in [0.4, 0.5) is 0 Å². The Bertz CT molecular complexity index is 361. The first-order chi connectivity index (χ1) is 7.04. The van der Waals surface area contributed by atoms with Crippen molar-refractivity contribution >= 4 is 17.6 Å². The van der Waals surface area contributed by atoms with Crippen LogP contribution in [0.3, 0.4) is 0 Å². The van der Waals surface area contributed by atoms with Gasteiger partial charge in [0.2, 0.25) is 0 Å². The van der Waals surface area contributed by atoms with Crippen molar-refractivity contribution in [3.05, 3.63) is 34.9 Å². The second-order valence-corrected chi connectivity index (χ2v) is 4.15. The topological polar surface area (TPSA) is 26.3 Å². The number of benzene rings is 1. The smallest absolute Gasteiger partial charge is 0.324 e. The highest BCUT2D eigenvalue weighted by atomic mass is 35.5. The van der Waals surface area contributed by atoms with Gasteiger partial charge >= 0.3 is 5.97 Å². The van der Waals surface area contributed by atoms with E-state index < -0.39 is 5.38 Å². The Morgan fingerprint density at radius 2 is 2.13 bits per heavy atom. The van der Waals surface area contributed by atoms with Crippen LogP contribution in [0.1, 0.15) is 16.7 Å². The highest BCUT2D eigenvalue weighted by Crippen LogP contribution is 2.15. The largest absolute Gasteiger partial charge is 0.468 e. The van der Waals surface area contributed by atoms with Crippen LogP contribution in [0, 0.1) is 13.8 Å². The van der Waals surface area contributed by atoms with Gasteiger partial charge in [-0.1, -0.05) is 23.8 Å². The van der Waals surface area contributed by atoms with Crippen LogP contribution in [-0.2, 0) is 16.0 Å². The zero-order chi connectivity index (χ0) is 11.4. The summed E-state index contributed by atoms with van der Waals surface area (Å²) in [6.07, 6.45) is 0.516. The van der Waals surface area contributed by atoms with Crippen LogP contribution in [0.5, 0.6) is 0 Å². The number of alkyl halides is 1. The maximum atomic E-state index is 11.2. The standard InChI is InChI=1S/C12H15ClO2/c1-8-4-5-9(2)10(6-8)7-11(13)12(14)15-3/h4-6,11H,7H2,1-3H3. The summed E-state index contributed by atoms with van der Waals surface area (Å²) in [6, 6.07) is 6.12. The first kappa shape index (κ1) is 12.1. The van der Waals surface area contributed by atoms with Gasteiger partial charge in [0, 0.05) is 0 Å². The molecular formula is C12H15ClO2. The normalized spacial score (nSPS) is 12.3. The van der Waals surface area contributed by atoms with Gasteiger partial charge in [0.05, 0.1) is 7.11 Å². The number of esters is 1. The van der Waals surface area contributed by atoms with Gasteiger partial charge < -0.3 is 4.74 Å². The highest BCUT2D eigenvalue weighted by molar-refractivity contribution is 6.30. The molecule has 0 aromatic heterocycles. The zero-order valence-electron chi connectivity index (χ0n) is 9.21. The highest BCUT2D eigenvalue weighted by Gasteiger charge is 2.17. The molecule has 0 aliphatic carbocycles. The molecule has 0 bridgehead atoms. The molecule has 1 aromatic carbocycles. The minimum absolute atomic E-state index is 0.377. The Morgan fingerprint density at radius 1 is 1.47 bits per heavy atom. The molecule has 1 atom stereocenters. The van der Waals surface area contributed by atoms with E-state index in [2.05, 4.69) is 4.74 Å². The Balaban J connectivity index is 2.80. The van der Waals surface area contributed by atoms with E-state index in [0.717, 1.165) is 11.1 Å². The molecule has 1 rings (SSSR count).